The summed E-state index contributed by atoms with van der Waals surface area (Å²) in [5.74, 6) is 0. The van der Waals surface area contributed by atoms with Gasteiger partial charge in [0.25, 0.3) is 0 Å². The third-order valence-corrected chi connectivity index (χ3v) is 4.70. The van der Waals surface area contributed by atoms with Crippen molar-refractivity contribution in [2.24, 2.45) is 0 Å². The molecule has 4 heteroatoms. The Morgan fingerprint density at radius 3 is 2.90 bits per heavy atom. The zero-order valence-electron chi connectivity index (χ0n) is 10.7. The molecule has 0 fully saturated rings. The van der Waals surface area contributed by atoms with Gasteiger partial charge in [-0.25, -0.2) is 0 Å². The second kappa shape index (κ2) is 5.47. The first kappa shape index (κ1) is 13.5. The summed E-state index contributed by atoms with van der Waals surface area (Å²) in [5, 5.41) is 12.9. The van der Waals surface area contributed by atoms with Gasteiger partial charge in [-0.05, 0) is 48.2 Å². The van der Waals surface area contributed by atoms with Gasteiger partial charge in [-0.2, -0.15) is 5.26 Å². The van der Waals surface area contributed by atoms with Crippen molar-refractivity contribution >= 4 is 33.2 Å². The number of anilines is 1. The molecule has 100 valence electrons. The molecular formula is C16H12BrClN2. The third-order valence-electron chi connectivity index (χ3n) is 3.64. The van der Waals surface area contributed by atoms with E-state index >= 15 is 0 Å². The molecule has 2 aromatic rings. The number of halogens is 2. The maximum absolute atomic E-state index is 8.89. The van der Waals surface area contributed by atoms with Crippen LogP contribution >= 0.6 is 27.5 Å². The Morgan fingerprint density at radius 2 is 2.15 bits per heavy atom. The molecule has 1 aliphatic rings. The van der Waals surface area contributed by atoms with Crippen molar-refractivity contribution in [1.82, 2.24) is 0 Å². The molecule has 1 unspecified atom stereocenters. The minimum absolute atomic E-state index is 0.298. The van der Waals surface area contributed by atoms with Crippen LogP contribution < -0.4 is 5.32 Å². The van der Waals surface area contributed by atoms with E-state index in [4.69, 9.17) is 16.9 Å². The molecule has 0 heterocycles. The van der Waals surface area contributed by atoms with Crippen LogP contribution in [0, 0.1) is 11.3 Å². The van der Waals surface area contributed by atoms with Gasteiger partial charge in [0, 0.05) is 10.2 Å². The standard InChI is InChI=1S/C16H12BrClN2/c17-14-3-1-2-13-12(14)6-7-16(13)20-11-5-4-10(9-19)15(18)8-11/h1-5,8,16,20H,6-7H2. The van der Waals surface area contributed by atoms with Crippen LogP contribution in [-0.2, 0) is 6.42 Å². The molecule has 1 N–H and O–H groups in total. The topological polar surface area (TPSA) is 35.8 Å². The van der Waals surface area contributed by atoms with E-state index in [-0.39, 0.29) is 0 Å². The zero-order valence-corrected chi connectivity index (χ0v) is 13.0. The van der Waals surface area contributed by atoms with Gasteiger partial charge in [-0.3, -0.25) is 0 Å². The van der Waals surface area contributed by atoms with Gasteiger partial charge in [-0.1, -0.05) is 39.7 Å². The van der Waals surface area contributed by atoms with Crippen LogP contribution in [0.2, 0.25) is 5.02 Å². The van der Waals surface area contributed by atoms with E-state index in [0.717, 1.165) is 18.5 Å². The second-order valence-corrected chi connectivity index (χ2v) is 6.11. The second-order valence-electron chi connectivity index (χ2n) is 4.85. The highest BCUT2D eigenvalue weighted by atomic mass is 79.9. The predicted octanol–water partition coefficient (Wildman–Crippen LogP) is 5.07. The predicted molar refractivity (Wildman–Crippen MR) is 85.0 cm³/mol. The van der Waals surface area contributed by atoms with Gasteiger partial charge in [-0.15, -0.1) is 0 Å². The first-order valence-electron chi connectivity index (χ1n) is 6.42. The number of benzene rings is 2. The van der Waals surface area contributed by atoms with Gasteiger partial charge in [0.15, 0.2) is 0 Å². The Hall–Kier alpha value is -1.50. The first-order chi connectivity index (χ1) is 9.69. The van der Waals surface area contributed by atoms with Crippen molar-refractivity contribution in [2.45, 2.75) is 18.9 Å². The Bertz CT molecular complexity index is 706. The fourth-order valence-electron chi connectivity index (χ4n) is 2.66. The van der Waals surface area contributed by atoms with Crippen molar-refractivity contribution in [2.75, 3.05) is 5.32 Å². The summed E-state index contributed by atoms with van der Waals surface area (Å²) in [6, 6.07) is 14.2. The lowest BCUT2D eigenvalue weighted by Gasteiger charge is -2.16. The molecule has 20 heavy (non-hydrogen) atoms. The number of hydrogen-bond acceptors (Lipinski definition) is 2. The van der Waals surface area contributed by atoms with Crippen LogP contribution in [0.3, 0.4) is 0 Å². The van der Waals surface area contributed by atoms with E-state index in [1.54, 1.807) is 6.07 Å². The lowest BCUT2D eigenvalue weighted by molar-refractivity contribution is 0.762. The molecule has 1 atom stereocenters. The molecule has 0 aromatic heterocycles. The largest absolute Gasteiger partial charge is 0.378 e. The minimum atomic E-state index is 0.298. The average Bonchev–Trinajstić information content (AvgIpc) is 2.84. The Kier molecular flexibility index (Phi) is 3.69. The van der Waals surface area contributed by atoms with Crippen molar-refractivity contribution in [3.63, 3.8) is 0 Å². The highest BCUT2D eigenvalue weighted by Crippen LogP contribution is 2.37. The maximum Gasteiger partial charge on any atom is 0.101 e. The van der Waals surface area contributed by atoms with Crippen LogP contribution in [-0.4, -0.2) is 0 Å². The summed E-state index contributed by atoms with van der Waals surface area (Å²) in [4.78, 5) is 0. The number of hydrogen-bond donors (Lipinski definition) is 1. The van der Waals surface area contributed by atoms with Crippen molar-refractivity contribution in [1.29, 1.82) is 5.26 Å². The monoisotopic (exact) mass is 346 g/mol. The Morgan fingerprint density at radius 1 is 1.30 bits per heavy atom. The molecule has 0 saturated carbocycles. The molecule has 3 rings (SSSR count). The van der Waals surface area contributed by atoms with Crippen LogP contribution in [0.15, 0.2) is 40.9 Å². The highest BCUT2D eigenvalue weighted by molar-refractivity contribution is 9.10. The fourth-order valence-corrected chi connectivity index (χ4v) is 3.46. The Balaban J connectivity index is 1.86. The van der Waals surface area contributed by atoms with E-state index in [0.29, 0.717) is 16.6 Å². The molecule has 0 bridgehead atoms. The first-order valence-corrected chi connectivity index (χ1v) is 7.59. The molecular weight excluding hydrogens is 336 g/mol. The lowest BCUT2D eigenvalue weighted by atomic mass is 10.1. The van der Waals surface area contributed by atoms with Gasteiger partial charge >= 0.3 is 0 Å². The van der Waals surface area contributed by atoms with Crippen molar-refractivity contribution in [3.05, 3.63) is 62.6 Å². The molecule has 0 amide bonds. The van der Waals surface area contributed by atoms with E-state index in [9.17, 15) is 0 Å². The van der Waals surface area contributed by atoms with Gasteiger partial charge in [0.1, 0.15) is 6.07 Å². The quantitative estimate of drug-likeness (QED) is 0.823. The van der Waals surface area contributed by atoms with Gasteiger partial charge in [0.05, 0.1) is 16.6 Å². The summed E-state index contributed by atoms with van der Waals surface area (Å²) in [5.41, 5.74) is 4.17. The summed E-state index contributed by atoms with van der Waals surface area (Å²) in [7, 11) is 0. The summed E-state index contributed by atoms with van der Waals surface area (Å²) in [6.45, 7) is 0. The molecule has 0 radical (unpaired) electrons. The van der Waals surface area contributed by atoms with Crippen molar-refractivity contribution < 1.29 is 0 Å². The average molecular weight is 348 g/mol. The third kappa shape index (κ3) is 2.42. The molecule has 2 nitrogen and oxygen atoms in total. The maximum atomic E-state index is 8.89. The van der Waals surface area contributed by atoms with E-state index in [2.05, 4.69) is 45.5 Å². The smallest absolute Gasteiger partial charge is 0.101 e. The number of rotatable bonds is 2. The highest BCUT2D eigenvalue weighted by Gasteiger charge is 2.23. The minimum Gasteiger partial charge on any atom is -0.378 e. The molecule has 0 saturated heterocycles. The van der Waals surface area contributed by atoms with Crippen LogP contribution in [0.1, 0.15) is 29.2 Å². The van der Waals surface area contributed by atoms with E-state index in [1.807, 2.05) is 12.1 Å². The summed E-state index contributed by atoms with van der Waals surface area (Å²) >= 11 is 9.68. The SMILES string of the molecule is N#Cc1ccc(NC2CCc3c(Br)cccc32)cc1Cl. The zero-order chi connectivity index (χ0) is 14.1. The molecule has 1 aliphatic carbocycles. The van der Waals surface area contributed by atoms with Crippen molar-refractivity contribution in [3.8, 4) is 6.07 Å². The Labute approximate surface area is 131 Å². The molecule has 0 aliphatic heterocycles. The van der Waals surface area contributed by atoms with Gasteiger partial charge in [0.2, 0.25) is 0 Å². The number of nitrogens with one attached hydrogen (secondary N) is 1. The number of nitrogens with zero attached hydrogens (tertiary/aromatic N) is 1. The molecule has 0 spiro atoms. The van der Waals surface area contributed by atoms with E-state index in [1.165, 1.54) is 15.6 Å². The fraction of sp³-hybridized carbons (Fsp3) is 0.188. The molecule has 2 aromatic carbocycles. The lowest BCUT2D eigenvalue weighted by Crippen LogP contribution is -2.07. The van der Waals surface area contributed by atoms with Crippen LogP contribution in [0.5, 0.6) is 0 Å². The van der Waals surface area contributed by atoms with Crippen LogP contribution in [0.4, 0.5) is 5.69 Å². The normalized spacial score (nSPS) is 16.6. The summed E-state index contributed by atoms with van der Waals surface area (Å²) < 4.78 is 1.18. The number of nitriles is 1. The van der Waals surface area contributed by atoms with Gasteiger partial charge < -0.3 is 5.32 Å². The van der Waals surface area contributed by atoms with E-state index < -0.39 is 0 Å². The van der Waals surface area contributed by atoms with Crippen LogP contribution in [0.25, 0.3) is 0 Å². The number of fused-ring (bicyclic) bond motifs is 1. The summed E-state index contributed by atoms with van der Waals surface area (Å²) in [6.07, 6.45) is 2.13.